The summed E-state index contributed by atoms with van der Waals surface area (Å²) in [7, 11) is 0. The molecule has 1 atom stereocenters. The third-order valence-electron chi connectivity index (χ3n) is 5.04. The van der Waals surface area contributed by atoms with E-state index in [1.165, 1.54) is 19.1 Å². The average Bonchev–Trinajstić information content (AvgIpc) is 3.08. The maximum atomic E-state index is 13.0. The molecule has 4 rings (SSSR count). The fraction of sp³-hybridized carbons (Fsp3) is 0.174. The summed E-state index contributed by atoms with van der Waals surface area (Å²) in [5.41, 5.74) is 1.40. The number of ketones is 1. The number of halogens is 3. The Morgan fingerprint density at radius 3 is 2.59 bits per heavy atom. The van der Waals surface area contributed by atoms with Crippen molar-refractivity contribution >= 4 is 23.1 Å². The average molecular weight is 438 g/mol. The fourth-order valence-electron chi connectivity index (χ4n) is 3.53. The lowest BCUT2D eigenvalue weighted by atomic mass is 9.93. The predicted molar refractivity (Wildman–Crippen MR) is 112 cm³/mol. The van der Waals surface area contributed by atoms with Gasteiger partial charge in [-0.25, -0.2) is 0 Å². The molecule has 2 heterocycles. The van der Waals surface area contributed by atoms with E-state index in [-0.39, 0.29) is 23.6 Å². The van der Waals surface area contributed by atoms with Crippen LogP contribution in [0.1, 0.15) is 18.1 Å². The highest BCUT2D eigenvalue weighted by molar-refractivity contribution is 6.27. The van der Waals surface area contributed by atoms with Crippen molar-refractivity contribution in [1.82, 2.24) is 9.97 Å². The summed E-state index contributed by atoms with van der Waals surface area (Å²) >= 11 is 0. The number of carbonyl (C=O) groups is 2. The normalized spacial score (nSPS) is 16.2. The van der Waals surface area contributed by atoms with Crippen LogP contribution in [0, 0.1) is 5.92 Å². The number of nitrogens with zero attached hydrogens (tertiary/aromatic N) is 4. The van der Waals surface area contributed by atoms with E-state index in [9.17, 15) is 22.8 Å². The Kier molecular flexibility index (Phi) is 5.56. The molecule has 0 saturated carbocycles. The lowest BCUT2D eigenvalue weighted by molar-refractivity contribution is -0.137. The zero-order chi connectivity index (χ0) is 22.9. The Morgan fingerprint density at radius 2 is 1.88 bits per heavy atom. The molecule has 6 nitrogen and oxygen atoms in total. The number of hydrogen-bond donors (Lipinski definition) is 0. The van der Waals surface area contributed by atoms with Gasteiger partial charge in [0.05, 0.1) is 28.9 Å². The van der Waals surface area contributed by atoms with Crippen molar-refractivity contribution in [2.24, 2.45) is 11.0 Å². The minimum absolute atomic E-state index is 0.0339. The van der Waals surface area contributed by atoms with E-state index in [1.54, 1.807) is 36.8 Å². The molecule has 1 amide bonds. The summed E-state index contributed by atoms with van der Waals surface area (Å²) in [4.78, 5) is 34.1. The molecule has 2 aromatic carbocycles. The molecule has 1 aliphatic rings. The molecular formula is C23H17F3N4O2. The van der Waals surface area contributed by atoms with Crippen molar-refractivity contribution in [3.63, 3.8) is 0 Å². The van der Waals surface area contributed by atoms with Crippen LogP contribution < -0.4 is 5.01 Å². The summed E-state index contributed by atoms with van der Waals surface area (Å²) in [6, 6.07) is 11.5. The highest BCUT2D eigenvalue weighted by atomic mass is 19.4. The van der Waals surface area contributed by atoms with Crippen LogP contribution in [0.4, 0.5) is 18.9 Å². The first-order valence-corrected chi connectivity index (χ1v) is 9.68. The highest BCUT2D eigenvalue weighted by Gasteiger charge is 2.40. The van der Waals surface area contributed by atoms with Crippen molar-refractivity contribution in [3.05, 3.63) is 78.2 Å². The van der Waals surface area contributed by atoms with Crippen LogP contribution in [0.25, 0.3) is 11.3 Å². The number of Topliss-reactive ketones (excluding diaryl/α,β-unsaturated/α-hetero) is 1. The van der Waals surface area contributed by atoms with Gasteiger partial charge in [0.25, 0.3) is 5.91 Å². The largest absolute Gasteiger partial charge is 0.416 e. The number of carbonyl (C=O) groups excluding carboxylic acids is 2. The second kappa shape index (κ2) is 8.33. The van der Waals surface area contributed by atoms with E-state index in [0.29, 0.717) is 11.3 Å². The number of hydrazone groups is 1. The van der Waals surface area contributed by atoms with E-state index in [1.807, 2.05) is 6.07 Å². The maximum absolute atomic E-state index is 13.0. The molecule has 9 heteroatoms. The first-order valence-electron chi connectivity index (χ1n) is 9.68. The smallest absolute Gasteiger partial charge is 0.298 e. The van der Waals surface area contributed by atoms with E-state index >= 15 is 0 Å². The van der Waals surface area contributed by atoms with Crippen LogP contribution in [-0.2, 0) is 22.2 Å². The molecule has 162 valence electrons. The van der Waals surface area contributed by atoms with Gasteiger partial charge in [0.2, 0.25) is 0 Å². The van der Waals surface area contributed by atoms with Crippen molar-refractivity contribution in [3.8, 4) is 11.3 Å². The number of rotatable bonds is 5. The van der Waals surface area contributed by atoms with Crippen LogP contribution in [0.3, 0.4) is 0 Å². The molecular weight excluding hydrogens is 421 g/mol. The molecule has 0 spiro atoms. The van der Waals surface area contributed by atoms with Gasteiger partial charge in [-0.3, -0.25) is 19.6 Å². The van der Waals surface area contributed by atoms with Crippen LogP contribution in [0.5, 0.6) is 0 Å². The van der Waals surface area contributed by atoms with Gasteiger partial charge in [0, 0.05) is 24.4 Å². The molecule has 3 aromatic rings. The number of anilines is 1. The summed E-state index contributed by atoms with van der Waals surface area (Å²) in [5.74, 6) is -2.20. The second-order valence-corrected chi connectivity index (χ2v) is 7.31. The minimum atomic E-state index is -4.55. The van der Waals surface area contributed by atoms with Crippen LogP contribution in [-0.4, -0.2) is 27.4 Å². The monoisotopic (exact) mass is 438 g/mol. The molecule has 0 N–H and O–H groups in total. The number of aromatic nitrogens is 2. The maximum Gasteiger partial charge on any atom is 0.416 e. The molecule has 1 aliphatic heterocycles. The number of hydrogen-bond acceptors (Lipinski definition) is 5. The predicted octanol–water partition coefficient (Wildman–Crippen LogP) is 4.31. The standard InChI is InChI=1S/C23H17F3N4O2/c1-14-21(22(32)30(29-14)18-7-3-6-17(12-18)23(24,25)26)20(31)11-15-4-2-5-16(10-15)19-13-27-8-9-28-19/h2-10,12-13,21H,11H2,1H3. The van der Waals surface area contributed by atoms with Crippen LogP contribution in [0.15, 0.2) is 72.2 Å². The molecule has 0 radical (unpaired) electrons. The number of alkyl halides is 3. The lowest BCUT2D eigenvalue weighted by Crippen LogP contribution is -2.33. The van der Waals surface area contributed by atoms with Crippen molar-refractivity contribution in [2.45, 2.75) is 19.5 Å². The highest BCUT2D eigenvalue weighted by Crippen LogP contribution is 2.33. The van der Waals surface area contributed by atoms with Crippen LogP contribution >= 0.6 is 0 Å². The Bertz CT molecular complexity index is 1210. The molecule has 0 aliphatic carbocycles. The van der Waals surface area contributed by atoms with Gasteiger partial charge >= 0.3 is 6.18 Å². The topological polar surface area (TPSA) is 75.5 Å². The fourth-order valence-corrected chi connectivity index (χ4v) is 3.53. The van der Waals surface area contributed by atoms with Crippen LogP contribution in [0.2, 0.25) is 0 Å². The third-order valence-corrected chi connectivity index (χ3v) is 5.04. The molecule has 0 fully saturated rings. The number of amides is 1. The molecule has 0 bridgehead atoms. The Hall–Kier alpha value is -3.88. The first-order chi connectivity index (χ1) is 15.2. The first kappa shape index (κ1) is 21.4. The van der Waals surface area contributed by atoms with E-state index in [0.717, 1.165) is 22.7 Å². The molecule has 1 unspecified atom stereocenters. The van der Waals surface area contributed by atoms with Gasteiger partial charge in [-0.2, -0.15) is 23.3 Å². The number of benzene rings is 2. The summed E-state index contributed by atoms with van der Waals surface area (Å²) in [6.07, 6.45) is 0.132. The zero-order valence-electron chi connectivity index (χ0n) is 16.9. The SMILES string of the molecule is CC1=NN(c2cccc(C(F)(F)F)c2)C(=O)C1C(=O)Cc1cccc(-c2cnccn2)c1. The van der Waals surface area contributed by atoms with Crippen molar-refractivity contribution in [2.75, 3.05) is 5.01 Å². The van der Waals surface area contributed by atoms with E-state index in [4.69, 9.17) is 0 Å². The van der Waals surface area contributed by atoms with E-state index < -0.39 is 23.6 Å². The molecule has 0 saturated heterocycles. The Labute approximate surface area is 181 Å². The lowest BCUT2D eigenvalue weighted by Gasteiger charge is -2.16. The summed E-state index contributed by atoms with van der Waals surface area (Å²) < 4.78 is 39.1. The van der Waals surface area contributed by atoms with Gasteiger partial charge in [-0.05, 0) is 36.8 Å². The molecule has 1 aromatic heterocycles. The molecule has 32 heavy (non-hydrogen) atoms. The van der Waals surface area contributed by atoms with E-state index in [2.05, 4.69) is 15.1 Å². The summed E-state index contributed by atoms with van der Waals surface area (Å²) in [6.45, 7) is 1.52. The Balaban J connectivity index is 1.54. The van der Waals surface area contributed by atoms with Gasteiger partial charge in [-0.1, -0.05) is 24.3 Å². The Morgan fingerprint density at radius 1 is 1.09 bits per heavy atom. The summed E-state index contributed by atoms with van der Waals surface area (Å²) in [5, 5.41) is 4.93. The van der Waals surface area contributed by atoms with Crippen molar-refractivity contribution < 1.29 is 22.8 Å². The van der Waals surface area contributed by atoms with Gasteiger partial charge in [-0.15, -0.1) is 0 Å². The second-order valence-electron chi connectivity index (χ2n) is 7.31. The van der Waals surface area contributed by atoms with Crippen molar-refractivity contribution in [1.29, 1.82) is 0 Å². The third kappa shape index (κ3) is 4.27. The van der Waals surface area contributed by atoms with Gasteiger partial charge in [0.1, 0.15) is 5.92 Å². The van der Waals surface area contributed by atoms with Gasteiger partial charge in [0.15, 0.2) is 5.78 Å². The quantitative estimate of drug-likeness (QED) is 0.557. The zero-order valence-corrected chi connectivity index (χ0v) is 16.9. The van der Waals surface area contributed by atoms with Gasteiger partial charge < -0.3 is 0 Å². The minimum Gasteiger partial charge on any atom is -0.298 e.